The van der Waals surface area contributed by atoms with Gasteiger partial charge in [0.15, 0.2) is 5.75 Å². The SMILES string of the molecule is C.CC(C)=CCC/C(C)=C/CC/C(C)=C/CSC[C@H](NS(=O)(=O)CC(=O)O)C(=O)O. The molecule has 0 aromatic rings. The summed E-state index contributed by atoms with van der Waals surface area (Å²) in [5, 5.41) is 17.7. The summed E-state index contributed by atoms with van der Waals surface area (Å²) in [6.45, 7) is 8.33. The van der Waals surface area contributed by atoms with E-state index in [1.165, 1.54) is 28.5 Å². The van der Waals surface area contributed by atoms with Gasteiger partial charge in [-0.15, -0.1) is 0 Å². The third-order valence-electron chi connectivity index (χ3n) is 3.89. The van der Waals surface area contributed by atoms with Crippen molar-refractivity contribution < 1.29 is 28.2 Å². The third kappa shape index (κ3) is 17.3. The van der Waals surface area contributed by atoms with Crippen LogP contribution in [0.15, 0.2) is 34.9 Å². The summed E-state index contributed by atoms with van der Waals surface area (Å²) in [6.07, 6.45) is 10.4. The van der Waals surface area contributed by atoms with Gasteiger partial charge < -0.3 is 10.2 Å². The molecule has 0 aromatic heterocycles. The minimum absolute atomic E-state index is 0. The maximum absolute atomic E-state index is 11.6. The molecule has 0 rings (SSSR count). The van der Waals surface area contributed by atoms with Gasteiger partial charge in [0.05, 0.1) is 0 Å². The zero-order valence-electron chi connectivity index (χ0n) is 17.6. The van der Waals surface area contributed by atoms with E-state index < -0.39 is 33.8 Å². The molecule has 3 N–H and O–H groups in total. The van der Waals surface area contributed by atoms with Gasteiger partial charge in [0, 0.05) is 11.5 Å². The van der Waals surface area contributed by atoms with Crippen molar-refractivity contribution in [3.63, 3.8) is 0 Å². The highest BCUT2D eigenvalue weighted by Crippen LogP contribution is 2.13. The van der Waals surface area contributed by atoms with Crippen LogP contribution in [0.3, 0.4) is 0 Å². The molecule has 0 aromatic carbocycles. The summed E-state index contributed by atoms with van der Waals surface area (Å²) in [6, 6.07) is -1.36. The van der Waals surface area contributed by atoms with E-state index in [1.807, 2.05) is 17.7 Å². The van der Waals surface area contributed by atoms with Crippen LogP contribution in [0.4, 0.5) is 0 Å². The molecule has 9 heteroatoms. The molecule has 0 heterocycles. The van der Waals surface area contributed by atoms with Crippen LogP contribution in [0, 0.1) is 0 Å². The number of carboxylic acid groups (broad SMARTS) is 2. The maximum Gasteiger partial charge on any atom is 0.322 e. The van der Waals surface area contributed by atoms with Crippen LogP contribution in [-0.4, -0.2) is 53.9 Å². The summed E-state index contributed by atoms with van der Waals surface area (Å²) in [5.41, 5.74) is 3.88. The van der Waals surface area contributed by atoms with E-state index in [9.17, 15) is 18.0 Å². The van der Waals surface area contributed by atoms with Gasteiger partial charge in [-0.25, -0.2) is 8.42 Å². The first kappa shape index (κ1) is 30.6. The lowest BCUT2D eigenvalue weighted by molar-refractivity contribution is -0.138. The van der Waals surface area contributed by atoms with Gasteiger partial charge in [0.2, 0.25) is 10.0 Å². The second kappa shape index (κ2) is 16.2. The quantitative estimate of drug-likeness (QED) is 0.245. The van der Waals surface area contributed by atoms with E-state index in [-0.39, 0.29) is 13.2 Å². The van der Waals surface area contributed by atoms with Crippen LogP contribution in [0.2, 0.25) is 0 Å². The summed E-state index contributed by atoms with van der Waals surface area (Å²) < 4.78 is 25.1. The number of aliphatic carboxylic acids is 2. The Labute approximate surface area is 185 Å². The Kier molecular flexibility index (Phi) is 16.5. The molecule has 0 fully saturated rings. The fourth-order valence-electron chi connectivity index (χ4n) is 2.30. The molecule has 7 nitrogen and oxygen atoms in total. The molecule has 174 valence electrons. The largest absolute Gasteiger partial charge is 0.480 e. The van der Waals surface area contributed by atoms with Crippen LogP contribution in [-0.2, 0) is 19.6 Å². The fraction of sp³-hybridized carbons (Fsp3) is 0.619. The highest BCUT2D eigenvalue weighted by atomic mass is 32.2. The predicted molar refractivity (Wildman–Crippen MR) is 125 cm³/mol. The van der Waals surface area contributed by atoms with Gasteiger partial charge >= 0.3 is 11.9 Å². The Morgan fingerprint density at radius 2 is 1.50 bits per heavy atom. The Bertz CT molecular complexity index is 735. The van der Waals surface area contributed by atoms with Gasteiger partial charge in [-0.3, -0.25) is 9.59 Å². The Hall–Kier alpha value is -1.58. The zero-order chi connectivity index (χ0) is 22.4. The molecular formula is C21H37NO6S2. The van der Waals surface area contributed by atoms with Crippen molar-refractivity contribution >= 4 is 33.7 Å². The minimum atomic E-state index is -4.18. The lowest BCUT2D eigenvalue weighted by Gasteiger charge is -2.13. The van der Waals surface area contributed by atoms with Crippen molar-refractivity contribution in [1.82, 2.24) is 4.72 Å². The van der Waals surface area contributed by atoms with Crippen molar-refractivity contribution in [3.05, 3.63) is 34.9 Å². The predicted octanol–water partition coefficient (Wildman–Crippen LogP) is 4.23. The monoisotopic (exact) mass is 463 g/mol. The Morgan fingerprint density at radius 1 is 0.967 bits per heavy atom. The number of carbonyl (C=O) groups is 2. The molecule has 0 spiro atoms. The van der Waals surface area contributed by atoms with Crippen LogP contribution in [0.5, 0.6) is 0 Å². The van der Waals surface area contributed by atoms with E-state index in [0.29, 0.717) is 5.75 Å². The topological polar surface area (TPSA) is 121 Å². The number of hydrogen-bond acceptors (Lipinski definition) is 5. The standard InChI is InChI=1S/C20H33NO6S2.CH4/c1-15(2)7-5-8-16(3)9-6-10-17(4)11-12-28-13-18(20(24)25)21-29(26,27)14-19(22)23;/h7,9,11,18,21H,5-6,8,10,12-14H2,1-4H3,(H,22,23)(H,24,25);1H4/b16-9+,17-11+;/t18-;/m0./s1. The molecule has 0 saturated carbocycles. The highest BCUT2D eigenvalue weighted by Gasteiger charge is 2.25. The number of allylic oxidation sites excluding steroid dienone is 5. The van der Waals surface area contributed by atoms with E-state index >= 15 is 0 Å². The molecule has 0 radical (unpaired) electrons. The average molecular weight is 464 g/mol. The van der Waals surface area contributed by atoms with Crippen LogP contribution >= 0.6 is 11.8 Å². The second-order valence-electron chi connectivity index (χ2n) is 7.16. The van der Waals surface area contributed by atoms with Crippen LogP contribution in [0.1, 0.15) is 60.8 Å². The number of carboxylic acids is 2. The van der Waals surface area contributed by atoms with Gasteiger partial charge in [-0.1, -0.05) is 42.4 Å². The molecule has 0 bridgehead atoms. The molecular weight excluding hydrogens is 426 g/mol. The molecule has 0 aliphatic rings. The minimum Gasteiger partial charge on any atom is -0.480 e. The second-order valence-corrected chi connectivity index (χ2v) is 9.99. The molecule has 30 heavy (non-hydrogen) atoms. The summed E-state index contributed by atoms with van der Waals surface area (Å²) in [4.78, 5) is 21.7. The van der Waals surface area contributed by atoms with Crippen molar-refractivity contribution in [3.8, 4) is 0 Å². The first-order valence-corrected chi connectivity index (χ1v) is 12.2. The van der Waals surface area contributed by atoms with E-state index in [4.69, 9.17) is 10.2 Å². The van der Waals surface area contributed by atoms with E-state index in [1.54, 1.807) is 0 Å². The highest BCUT2D eigenvalue weighted by molar-refractivity contribution is 7.99. The van der Waals surface area contributed by atoms with Gasteiger partial charge in [-0.05, 0) is 53.4 Å². The normalized spacial score (nSPS) is 13.3. The average Bonchev–Trinajstić information content (AvgIpc) is 2.55. The van der Waals surface area contributed by atoms with Gasteiger partial charge in [0.25, 0.3) is 0 Å². The van der Waals surface area contributed by atoms with Crippen molar-refractivity contribution in [2.24, 2.45) is 0 Å². The van der Waals surface area contributed by atoms with Crippen molar-refractivity contribution in [2.75, 3.05) is 17.3 Å². The lowest BCUT2D eigenvalue weighted by Crippen LogP contribution is -2.44. The number of rotatable bonds is 15. The van der Waals surface area contributed by atoms with Crippen molar-refractivity contribution in [2.45, 2.75) is 66.8 Å². The maximum atomic E-state index is 11.6. The molecule has 1 atom stereocenters. The molecule has 0 amide bonds. The fourth-order valence-corrected chi connectivity index (χ4v) is 4.43. The summed E-state index contributed by atoms with van der Waals surface area (Å²) in [7, 11) is -4.18. The molecule has 0 aliphatic heterocycles. The number of nitrogens with one attached hydrogen (secondary N) is 1. The number of thioether (sulfide) groups is 1. The van der Waals surface area contributed by atoms with Gasteiger partial charge in [0.1, 0.15) is 6.04 Å². The van der Waals surface area contributed by atoms with Gasteiger partial charge in [-0.2, -0.15) is 16.5 Å². The van der Waals surface area contributed by atoms with E-state index in [0.717, 1.165) is 25.7 Å². The van der Waals surface area contributed by atoms with Crippen molar-refractivity contribution in [1.29, 1.82) is 0 Å². The zero-order valence-corrected chi connectivity index (χ0v) is 19.2. The first-order valence-electron chi connectivity index (χ1n) is 9.40. The summed E-state index contributed by atoms with van der Waals surface area (Å²) in [5.74, 6) is -3.45. The van der Waals surface area contributed by atoms with Crippen LogP contribution in [0.25, 0.3) is 0 Å². The first-order chi connectivity index (χ1) is 13.4. The number of sulfonamides is 1. The Morgan fingerprint density at radius 3 is 2.00 bits per heavy atom. The molecule has 0 saturated heterocycles. The Balaban J connectivity index is 0. The van der Waals surface area contributed by atoms with Crippen LogP contribution < -0.4 is 4.72 Å². The third-order valence-corrected chi connectivity index (χ3v) is 6.13. The smallest absolute Gasteiger partial charge is 0.322 e. The lowest BCUT2D eigenvalue weighted by atomic mass is 10.1. The summed E-state index contributed by atoms with van der Waals surface area (Å²) >= 11 is 1.28. The molecule has 0 aliphatic carbocycles. The number of hydrogen-bond donors (Lipinski definition) is 3. The molecule has 0 unspecified atom stereocenters. The van der Waals surface area contributed by atoms with E-state index in [2.05, 4.69) is 32.9 Å².